The molecule has 0 unspecified atom stereocenters. The van der Waals surface area contributed by atoms with Crippen molar-refractivity contribution in [3.05, 3.63) is 64.9 Å². The Morgan fingerprint density at radius 2 is 2.12 bits per heavy atom. The van der Waals surface area contributed by atoms with E-state index in [1.807, 2.05) is 43.4 Å². The van der Waals surface area contributed by atoms with Gasteiger partial charge >= 0.3 is 0 Å². The number of carbonyl (C=O) groups is 1. The van der Waals surface area contributed by atoms with Crippen LogP contribution in [-0.4, -0.2) is 29.5 Å². The summed E-state index contributed by atoms with van der Waals surface area (Å²) in [4.78, 5) is 19.1. The van der Waals surface area contributed by atoms with E-state index in [1.54, 1.807) is 6.20 Å². The lowest BCUT2D eigenvalue weighted by atomic mass is 10.0. The maximum absolute atomic E-state index is 11.9. The Kier molecular flexibility index (Phi) is 5.19. The third kappa shape index (κ3) is 3.74. The van der Waals surface area contributed by atoms with Crippen LogP contribution >= 0.6 is 15.9 Å². The Morgan fingerprint density at radius 1 is 1.28 bits per heavy atom. The van der Waals surface area contributed by atoms with Crippen molar-refractivity contribution in [3.63, 3.8) is 0 Å². The highest BCUT2D eigenvalue weighted by Crippen LogP contribution is 2.32. The van der Waals surface area contributed by atoms with Crippen LogP contribution in [-0.2, 0) is 0 Å². The number of hydrogen-bond acceptors (Lipinski definition) is 3. The van der Waals surface area contributed by atoms with E-state index in [-0.39, 0.29) is 5.91 Å². The fourth-order valence-corrected chi connectivity index (χ4v) is 3.11. The van der Waals surface area contributed by atoms with E-state index in [1.165, 1.54) is 0 Å². The van der Waals surface area contributed by atoms with Crippen LogP contribution in [0.1, 0.15) is 22.5 Å². The van der Waals surface area contributed by atoms with Gasteiger partial charge in [-0.3, -0.25) is 4.79 Å². The average molecular weight is 399 g/mol. The second-order valence-corrected chi connectivity index (χ2v) is 6.56. The molecule has 4 rings (SSSR count). The van der Waals surface area contributed by atoms with E-state index < -0.39 is 0 Å². The number of aromatic amines is 1. The third-order valence-electron chi connectivity index (χ3n) is 3.97. The largest absolute Gasteiger partial charge is 0.373 e. The van der Waals surface area contributed by atoms with Crippen LogP contribution in [0.15, 0.2) is 53.6 Å². The molecule has 0 saturated heterocycles. The zero-order valence-corrected chi connectivity index (χ0v) is 15.5. The highest BCUT2D eigenvalue weighted by molar-refractivity contribution is 9.10. The molecule has 1 aliphatic heterocycles. The Labute approximate surface area is 154 Å². The normalized spacial score (nSPS) is 13.4. The van der Waals surface area contributed by atoms with Crippen molar-refractivity contribution in [2.24, 2.45) is 0 Å². The molecule has 3 N–H and O–H groups in total. The maximum atomic E-state index is 11.9. The summed E-state index contributed by atoms with van der Waals surface area (Å²) in [5, 5.41) is 6.83. The van der Waals surface area contributed by atoms with Crippen molar-refractivity contribution in [1.29, 1.82) is 0 Å². The first kappa shape index (κ1) is 17.2. The molecule has 6 heteroatoms. The molecule has 0 aliphatic carbocycles. The number of H-pyrrole nitrogens is 1. The van der Waals surface area contributed by atoms with Gasteiger partial charge in [-0.2, -0.15) is 0 Å². The molecule has 25 heavy (non-hydrogen) atoms. The summed E-state index contributed by atoms with van der Waals surface area (Å²) in [5.41, 5.74) is 3.55. The monoisotopic (exact) mass is 398 g/mol. The smallest absolute Gasteiger partial charge is 0.268 e. The number of aromatic nitrogens is 2. The second-order valence-electron chi connectivity index (χ2n) is 5.64. The van der Waals surface area contributed by atoms with Crippen molar-refractivity contribution in [3.8, 4) is 0 Å². The van der Waals surface area contributed by atoms with Crippen LogP contribution in [0.5, 0.6) is 0 Å². The topological polar surface area (TPSA) is 69.8 Å². The second kappa shape index (κ2) is 7.53. The van der Waals surface area contributed by atoms with Gasteiger partial charge in [-0.15, -0.1) is 0 Å². The van der Waals surface area contributed by atoms with Gasteiger partial charge in [0.25, 0.3) is 5.91 Å². The highest BCUT2D eigenvalue weighted by Gasteiger charge is 2.22. The number of rotatable bonds is 1. The SMILES string of the molecule is C=C1CCNC(=O)c2[nH]c3ccc(Br)cc3c21.CNc1ccccn1. The molecule has 0 radical (unpaired) electrons. The van der Waals surface area contributed by atoms with E-state index in [0.717, 1.165) is 38.8 Å². The van der Waals surface area contributed by atoms with Gasteiger partial charge < -0.3 is 15.6 Å². The number of carbonyl (C=O) groups excluding carboxylic acids is 1. The number of benzene rings is 1. The zero-order chi connectivity index (χ0) is 17.8. The number of halogens is 1. The van der Waals surface area contributed by atoms with Crippen LogP contribution < -0.4 is 10.6 Å². The minimum absolute atomic E-state index is 0.0500. The Balaban J connectivity index is 0.000000192. The summed E-state index contributed by atoms with van der Waals surface area (Å²) in [6.07, 6.45) is 2.55. The quantitative estimate of drug-likeness (QED) is 0.575. The van der Waals surface area contributed by atoms with E-state index >= 15 is 0 Å². The lowest BCUT2D eigenvalue weighted by Crippen LogP contribution is -2.22. The number of nitrogens with zero attached hydrogens (tertiary/aromatic N) is 1. The molecular weight excluding hydrogens is 380 g/mol. The first-order chi connectivity index (χ1) is 12.1. The Bertz CT molecular complexity index is 918. The molecule has 0 spiro atoms. The van der Waals surface area contributed by atoms with E-state index in [2.05, 4.69) is 43.1 Å². The lowest BCUT2D eigenvalue weighted by Gasteiger charge is -2.01. The predicted octanol–water partition coefficient (Wildman–Crippen LogP) is 4.20. The molecule has 1 amide bonds. The molecule has 0 fully saturated rings. The number of fused-ring (bicyclic) bond motifs is 3. The Morgan fingerprint density at radius 3 is 2.80 bits per heavy atom. The molecule has 0 atom stereocenters. The van der Waals surface area contributed by atoms with Gasteiger partial charge in [0, 0.05) is 40.7 Å². The van der Waals surface area contributed by atoms with Gasteiger partial charge in [-0.1, -0.05) is 28.6 Å². The van der Waals surface area contributed by atoms with Crippen molar-refractivity contribution < 1.29 is 4.79 Å². The van der Waals surface area contributed by atoms with Gasteiger partial charge in [0.1, 0.15) is 11.5 Å². The van der Waals surface area contributed by atoms with Crippen molar-refractivity contribution in [2.75, 3.05) is 18.9 Å². The van der Waals surface area contributed by atoms with Crippen molar-refractivity contribution in [1.82, 2.24) is 15.3 Å². The van der Waals surface area contributed by atoms with Gasteiger partial charge in [0.15, 0.2) is 0 Å². The van der Waals surface area contributed by atoms with Gasteiger partial charge in [0.2, 0.25) is 0 Å². The summed E-state index contributed by atoms with van der Waals surface area (Å²) < 4.78 is 1.00. The van der Waals surface area contributed by atoms with Crippen LogP contribution in [0.4, 0.5) is 5.82 Å². The third-order valence-corrected chi connectivity index (χ3v) is 4.47. The lowest BCUT2D eigenvalue weighted by molar-refractivity contribution is 0.0952. The maximum Gasteiger partial charge on any atom is 0.268 e. The molecule has 1 aliphatic rings. The predicted molar refractivity (Wildman–Crippen MR) is 106 cm³/mol. The average Bonchev–Trinajstić information content (AvgIpc) is 2.95. The standard InChI is InChI=1S/C13H11BrN2O.C6H8N2/c1-7-4-5-15-13(17)12-11(7)9-6-8(14)2-3-10(9)16-12;1-7-6-4-2-3-5-8-6/h2-3,6,16H,1,4-5H2,(H,15,17);2-5H,1H3,(H,7,8). The van der Waals surface area contributed by atoms with Crippen LogP contribution in [0.3, 0.4) is 0 Å². The van der Waals surface area contributed by atoms with Crippen molar-refractivity contribution in [2.45, 2.75) is 6.42 Å². The molecule has 3 heterocycles. The summed E-state index contributed by atoms with van der Waals surface area (Å²) in [6.45, 7) is 4.72. The molecule has 128 valence electrons. The van der Waals surface area contributed by atoms with Crippen LogP contribution in [0, 0.1) is 0 Å². The summed E-state index contributed by atoms with van der Waals surface area (Å²) >= 11 is 3.46. The fraction of sp³-hybridized carbons (Fsp3) is 0.158. The molecular formula is C19H19BrN4O. The Hall–Kier alpha value is -2.60. The molecule has 0 bridgehead atoms. The zero-order valence-electron chi connectivity index (χ0n) is 13.9. The molecule has 2 aromatic heterocycles. The van der Waals surface area contributed by atoms with Gasteiger partial charge in [0.05, 0.1) is 0 Å². The highest BCUT2D eigenvalue weighted by atomic mass is 79.9. The fourth-order valence-electron chi connectivity index (χ4n) is 2.75. The van der Waals surface area contributed by atoms with Gasteiger partial charge in [-0.25, -0.2) is 4.98 Å². The molecule has 0 saturated carbocycles. The van der Waals surface area contributed by atoms with E-state index in [9.17, 15) is 4.79 Å². The van der Waals surface area contributed by atoms with E-state index in [0.29, 0.717) is 12.2 Å². The summed E-state index contributed by atoms with van der Waals surface area (Å²) in [7, 11) is 1.85. The van der Waals surface area contributed by atoms with Crippen LogP contribution in [0.25, 0.3) is 16.5 Å². The molecule has 3 aromatic rings. The first-order valence-electron chi connectivity index (χ1n) is 7.96. The number of nitrogens with one attached hydrogen (secondary N) is 3. The number of hydrogen-bond donors (Lipinski definition) is 3. The number of anilines is 1. The first-order valence-corrected chi connectivity index (χ1v) is 8.76. The minimum atomic E-state index is -0.0500. The van der Waals surface area contributed by atoms with Crippen molar-refractivity contribution >= 4 is 44.1 Å². The summed E-state index contributed by atoms with van der Waals surface area (Å²) in [5.74, 6) is 0.860. The number of pyridine rings is 1. The summed E-state index contributed by atoms with van der Waals surface area (Å²) in [6, 6.07) is 11.7. The molecule has 5 nitrogen and oxygen atoms in total. The number of amides is 1. The minimum Gasteiger partial charge on any atom is -0.373 e. The van der Waals surface area contributed by atoms with Crippen LogP contribution in [0.2, 0.25) is 0 Å². The van der Waals surface area contributed by atoms with E-state index in [4.69, 9.17) is 0 Å². The molecule has 1 aromatic carbocycles. The van der Waals surface area contributed by atoms with Gasteiger partial charge in [-0.05, 0) is 42.3 Å².